The molecule has 1 atom stereocenters. The first-order chi connectivity index (χ1) is 10.2. The molecule has 3 rings (SSSR count). The summed E-state index contributed by atoms with van der Waals surface area (Å²) in [6, 6.07) is 17.1. The van der Waals surface area contributed by atoms with E-state index in [0.29, 0.717) is 18.8 Å². The number of benzene rings is 2. The van der Waals surface area contributed by atoms with E-state index in [2.05, 4.69) is 61.6 Å². The zero-order valence-electron chi connectivity index (χ0n) is 12.5. The van der Waals surface area contributed by atoms with E-state index in [-0.39, 0.29) is 0 Å². The number of ether oxygens (including phenoxy) is 2. The van der Waals surface area contributed by atoms with Gasteiger partial charge in [-0.3, -0.25) is 0 Å². The molecule has 1 N–H and O–H groups in total. The number of rotatable bonds is 5. The first-order valence-corrected chi connectivity index (χ1v) is 7.41. The van der Waals surface area contributed by atoms with Crippen LogP contribution < -0.4 is 14.8 Å². The van der Waals surface area contributed by atoms with Crippen LogP contribution in [0.5, 0.6) is 11.5 Å². The normalized spacial score (nSPS) is 14.4. The number of hydrogen-bond acceptors (Lipinski definition) is 3. The van der Waals surface area contributed by atoms with E-state index in [1.54, 1.807) is 0 Å². The highest BCUT2D eigenvalue weighted by Gasteiger charge is 2.16. The molecule has 110 valence electrons. The van der Waals surface area contributed by atoms with Gasteiger partial charge in [-0.05, 0) is 29.2 Å². The summed E-state index contributed by atoms with van der Waals surface area (Å²) in [6.45, 7) is 5.62. The van der Waals surface area contributed by atoms with E-state index in [4.69, 9.17) is 9.47 Å². The van der Waals surface area contributed by atoms with Gasteiger partial charge in [0.05, 0.1) is 0 Å². The molecular formula is C18H21NO2. The summed E-state index contributed by atoms with van der Waals surface area (Å²) in [5.41, 5.74) is 2.54. The molecule has 0 aromatic heterocycles. The van der Waals surface area contributed by atoms with Crippen LogP contribution in [0.2, 0.25) is 0 Å². The van der Waals surface area contributed by atoms with E-state index in [9.17, 15) is 0 Å². The summed E-state index contributed by atoms with van der Waals surface area (Å²) >= 11 is 0. The Kier molecular flexibility index (Phi) is 4.11. The van der Waals surface area contributed by atoms with Gasteiger partial charge < -0.3 is 14.8 Å². The molecule has 0 bridgehead atoms. The van der Waals surface area contributed by atoms with Gasteiger partial charge in [-0.1, -0.05) is 50.2 Å². The van der Waals surface area contributed by atoms with Crippen LogP contribution in [0.3, 0.4) is 0 Å². The highest BCUT2D eigenvalue weighted by atomic mass is 16.7. The lowest BCUT2D eigenvalue weighted by Gasteiger charge is -2.23. The molecule has 21 heavy (non-hydrogen) atoms. The molecule has 2 aromatic carbocycles. The molecule has 1 heterocycles. The third-order valence-corrected chi connectivity index (χ3v) is 3.79. The lowest BCUT2D eigenvalue weighted by molar-refractivity contribution is 0.174. The van der Waals surface area contributed by atoms with Crippen LogP contribution in [0.25, 0.3) is 0 Å². The average molecular weight is 283 g/mol. The van der Waals surface area contributed by atoms with Crippen molar-refractivity contribution in [2.45, 2.75) is 26.4 Å². The van der Waals surface area contributed by atoms with Gasteiger partial charge >= 0.3 is 0 Å². The Bertz CT molecular complexity index is 595. The van der Waals surface area contributed by atoms with Crippen molar-refractivity contribution in [1.29, 1.82) is 0 Å². The van der Waals surface area contributed by atoms with Crippen molar-refractivity contribution < 1.29 is 9.47 Å². The summed E-state index contributed by atoms with van der Waals surface area (Å²) in [7, 11) is 0. The lowest BCUT2D eigenvalue weighted by Crippen LogP contribution is -2.25. The maximum absolute atomic E-state index is 5.43. The Balaban J connectivity index is 1.70. The first-order valence-electron chi connectivity index (χ1n) is 7.41. The Morgan fingerprint density at radius 2 is 1.76 bits per heavy atom. The third kappa shape index (κ3) is 3.19. The fourth-order valence-corrected chi connectivity index (χ4v) is 2.68. The predicted molar refractivity (Wildman–Crippen MR) is 83.4 cm³/mol. The van der Waals surface area contributed by atoms with Crippen molar-refractivity contribution in [1.82, 2.24) is 5.32 Å². The zero-order chi connectivity index (χ0) is 14.7. The second kappa shape index (κ2) is 6.19. The van der Waals surface area contributed by atoms with Gasteiger partial charge in [-0.2, -0.15) is 0 Å². The summed E-state index contributed by atoms with van der Waals surface area (Å²) < 4.78 is 10.8. The molecule has 2 aromatic rings. The standard InChI is InChI=1S/C18H21NO2/c1-13(2)18(15-6-4-3-5-7-15)19-11-14-8-9-16-17(10-14)21-12-20-16/h3-10,13,18-19H,11-12H2,1-2H3. The number of hydrogen-bond donors (Lipinski definition) is 1. The SMILES string of the molecule is CC(C)C(NCc1ccc2c(c1)OCO2)c1ccccc1. The predicted octanol–water partition coefficient (Wildman–Crippen LogP) is 3.90. The van der Waals surface area contributed by atoms with Crippen molar-refractivity contribution in [3.63, 3.8) is 0 Å². The second-order valence-electron chi connectivity index (χ2n) is 5.70. The van der Waals surface area contributed by atoms with Gasteiger partial charge in [0.15, 0.2) is 11.5 Å². The van der Waals surface area contributed by atoms with E-state index in [0.717, 1.165) is 18.0 Å². The van der Waals surface area contributed by atoms with Crippen LogP contribution >= 0.6 is 0 Å². The maximum atomic E-state index is 5.43. The van der Waals surface area contributed by atoms with Crippen molar-refractivity contribution in [2.75, 3.05) is 6.79 Å². The Morgan fingerprint density at radius 3 is 2.52 bits per heavy atom. The summed E-state index contributed by atoms with van der Waals surface area (Å²) in [4.78, 5) is 0. The Hall–Kier alpha value is -2.00. The van der Waals surface area contributed by atoms with Crippen molar-refractivity contribution in [3.05, 3.63) is 59.7 Å². The fourth-order valence-electron chi connectivity index (χ4n) is 2.68. The smallest absolute Gasteiger partial charge is 0.231 e. The van der Waals surface area contributed by atoms with Crippen LogP contribution in [0, 0.1) is 5.92 Å². The van der Waals surface area contributed by atoms with E-state index in [1.165, 1.54) is 11.1 Å². The average Bonchev–Trinajstić information content (AvgIpc) is 2.96. The molecule has 3 nitrogen and oxygen atoms in total. The molecular weight excluding hydrogens is 262 g/mol. The topological polar surface area (TPSA) is 30.5 Å². The van der Waals surface area contributed by atoms with Gasteiger partial charge in [-0.25, -0.2) is 0 Å². The van der Waals surface area contributed by atoms with Crippen molar-refractivity contribution >= 4 is 0 Å². The largest absolute Gasteiger partial charge is 0.454 e. The van der Waals surface area contributed by atoms with Gasteiger partial charge in [0, 0.05) is 12.6 Å². The quantitative estimate of drug-likeness (QED) is 0.902. The maximum Gasteiger partial charge on any atom is 0.231 e. The van der Waals surface area contributed by atoms with Crippen molar-refractivity contribution in [3.8, 4) is 11.5 Å². The van der Waals surface area contributed by atoms with Crippen molar-refractivity contribution in [2.24, 2.45) is 5.92 Å². The van der Waals surface area contributed by atoms with Gasteiger partial charge in [0.25, 0.3) is 0 Å². The van der Waals surface area contributed by atoms with E-state index < -0.39 is 0 Å². The Labute approximate surface area is 125 Å². The molecule has 3 heteroatoms. The molecule has 0 spiro atoms. The molecule has 1 aliphatic rings. The molecule has 0 radical (unpaired) electrons. The summed E-state index contributed by atoms with van der Waals surface area (Å²) in [5, 5.41) is 3.65. The molecule has 0 amide bonds. The third-order valence-electron chi connectivity index (χ3n) is 3.79. The second-order valence-corrected chi connectivity index (χ2v) is 5.70. The lowest BCUT2D eigenvalue weighted by atomic mass is 9.96. The van der Waals surface area contributed by atoms with Gasteiger partial charge in [-0.15, -0.1) is 0 Å². The minimum Gasteiger partial charge on any atom is -0.454 e. The molecule has 1 aliphatic heterocycles. The van der Waals surface area contributed by atoms with Gasteiger partial charge in [0.2, 0.25) is 6.79 Å². The molecule has 0 fully saturated rings. The first kappa shape index (κ1) is 14.0. The minimum absolute atomic E-state index is 0.324. The minimum atomic E-state index is 0.324. The van der Waals surface area contributed by atoms with E-state index >= 15 is 0 Å². The molecule has 0 aliphatic carbocycles. The zero-order valence-corrected chi connectivity index (χ0v) is 12.5. The monoisotopic (exact) mass is 283 g/mol. The molecule has 1 unspecified atom stereocenters. The number of fused-ring (bicyclic) bond motifs is 1. The molecule has 0 saturated heterocycles. The summed E-state index contributed by atoms with van der Waals surface area (Å²) in [6.07, 6.45) is 0. The van der Waals surface area contributed by atoms with Crippen LogP contribution in [-0.2, 0) is 6.54 Å². The van der Waals surface area contributed by atoms with Gasteiger partial charge in [0.1, 0.15) is 0 Å². The van der Waals surface area contributed by atoms with Crippen LogP contribution in [-0.4, -0.2) is 6.79 Å². The Morgan fingerprint density at radius 1 is 1.00 bits per heavy atom. The van der Waals surface area contributed by atoms with Crippen LogP contribution in [0.1, 0.15) is 31.0 Å². The number of nitrogens with one attached hydrogen (secondary N) is 1. The van der Waals surface area contributed by atoms with Crippen LogP contribution in [0.4, 0.5) is 0 Å². The van der Waals surface area contributed by atoms with Crippen LogP contribution in [0.15, 0.2) is 48.5 Å². The fraction of sp³-hybridized carbons (Fsp3) is 0.333. The van der Waals surface area contributed by atoms with E-state index in [1.807, 2.05) is 6.07 Å². The highest BCUT2D eigenvalue weighted by molar-refractivity contribution is 5.44. The molecule has 0 saturated carbocycles. The highest BCUT2D eigenvalue weighted by Crippen LogP contribution is 2.32. The summed E-state index contributed by atoms with van der Waals surface area (Å²) in [5.74, 6) is 2.21.